The molecule has 2 aromatic heterocycles. The van der Waals surface area contributed by atoms with Crippen molar-refractivity contribution in [1.82, 2.24) is 19.9 Å². The standard InChI is InChI=1S/C18H19FN4/c19-13-6-7-15-16(12-13)22-18(21-15)17-5-3-10-23(17)11-8-14-4-1-2-9-20-14/h1-2,4,6-7,9,12,17H,3,5,8,10-11H2,(H,21,22)/t17-/m0/s1. The second-order valence-electron chi connectivity index (χ2n) is 6.05. The van der Waals surface area contributed by atoms with Gasteiger partial charge in [0.2, 0.25) is 0 Å². The molecule has 1 atom stereocenters. The molecule has 4 rings (SSSR count). The van der Waals surface area contributed by atoms with Gasteiger partial charge in [-0.05, 0) is 49.7 Å². The van der Waals surface area contributed by atoms with Crippen LogP contribution < -0.4 is 0 Å². The number of benzene rings is 1. The second kappa shape index (κ2) is 6.08. The van der Waals surface area contributed by atoms with Gasteiger partial charge >= 0.3 is 0 Å². The minimum absolute atomic E-state index is 0.230. The summed E-state index contributed by atoms with van der Waals surface area (Å²) in [6.45, 7) is 2.04. The van der Waals surface area contributed by atoms with Crippen LogP contribution in [0.4, 0.5) is 4.39 Å². The van der Waals surface area contributed by atoms with Crippen molar-refractivity contribution in [3.05, 3.63) is 59.9 Å². The van der Waals surface area contributed by atoms with Crippen molar-refractivity contribution in [1.29, 1.82) is 0 Å². The van der Waals surface area contributed by atoms with Gasteiger partial charge in [0.1, 0.15) is 11.6 Å². The normalized spacial score (nSPS) is 18.7. The summed E-state index contributed by atoms with van der Waals surface area (Å²) in [7, 11) is 0. The van der Waals surface area contributed by atoms with Crippen LogP contribution in [0.1, 0.15) is 30.4 Å². The van der Waals surface area contributed by atoms with Gasteiger partial charge in [0, 0.05) is 24.9 Å². The molecule has 1 aliphatic rings. The van der Waals surface area contributed by atoms with Gasteiger partial charge in [-0.1, -0.05) is 6.07 Å². The Labute approximate surface area is 134 Å². The number of aromatic nitrogens is 3. The van der Waals surface area contributed by atoms with E-state index in [1.54, 1.807) is 6.07 Å². The van der Waals surface area contributed by atoms with Gasteiger partial charge in [0.15, 0.2) is 0 Å². The van der Waals surface area contributed by atoms with Crippen molar-refractivity contribution in [3.63, 3.8) is 0 Å². The quantitative estimate of drug-likeness (QED) is 0.802. The van der Waals surface area contributed by atoms with E-state index in [1.807, 2.05) is 18.3 Å². The van der Waals surface area contributed by atoms with Crippen LogP contribution in [0.2, 0.25) is 0 Å². The minimum atomic E-state index is -0.230. The van der Waals surface area contributed by atoms with E-state index in [4.69, 9.17) is 0 Å². The smallest absolute Gasteiger partial charge is 0.125 e. The second-order valence-corrected chi connectivity index (χ2v) is 6.05. The topological polar surface area (TPSA) is 44.8 Å². The summed E-state index contributed by atoms with van der Waals surface area (Å²) in [6.07, 6.45) is 5.03. The molecule has 23 heavy (non-hydrogen) atoms. The van der Waals surface area contributed by atoms with Crippen molar-refractivity contribution < 1.29 is 4.39 Å². The van der Waals surface area contributed by atoms with Crippen LogP contribution in [-0.4, -0.2) is 32.9 Å². The number of rotatable bonds is 4. The zero-order chi connectivity index (χ0) is 15.6. The van der Waals surface area contributed by atoms with Gasteiger partial charge < -0.3 is 4.98 Å². The van der Waals surface area contributed by atoms with Crippen LogP contribution >= 0.6 is 0 Å². The molecule has 0 aliphatic carbocycles. The highest BCUT2D eigenvalue weighted by molar-refractivity contribution is 5.75. The molecule has 4 nitrogen and oxygen atoms in total. The zero-order valence-electron chi connectivity index (χ0n) is 12.9. The molecule has 0 amide bonds. The maximum absolute atomic E-state index is 13.3. The van der Waals surface area contributed by atoms with Crippen LogP contribution in [0, 0.1) is 5.82 Å². The molecule has 3 heterocycles. The Hall–Kier alpha value is -2.27. The molecule has 0 saturated carbocycles. The molecule has 0 spiro atoms. The molecule has 0 unspecified atom stereocenters. The van der Waals surface area contributed by atoms with Crippen molar-refractivity contribution in [3.8, 4) is 0 Å². The first kappa shape index (κ1) is 14.3. The number of nitrogens with zero attached hydrogens (tertiary/aromatic N) is 3. The molecule has 118 valence electrons. The number of hydrogen-bond acceptors (Lipinski definition) is 3. The molecule has 0 radical (unpaired) electrons. The SMILES string of the molecule is Fc1ccc2nc([C@@H]3CCCN3CCc3ccccn3)[nH]c2c1. The Morgan fingerprint density at radius 1 is 1.26 bits per heavy atom. The van der Waals surface area contributed by atoms with Crippen LogP contribution in [0.15, 0.2) is 42.6 Å². The van der Waals surface area contributed by atoms with E-state index in [1.165, 1.54) is 12.1 Å². The van der Waals surface area contributed by atoms with E-state index in [-0.39, 0.29) is 11.9 Å². The lowest BCUT2D eigenvalue weighted by molar-refractivity contribution is 0.252. The Bertz CT molecular complexity index is 799. The van der Waals surface area contributed by atoms with Crippen molar-refractivity contribution in [2.24, 2.45) is 0 Å². The van der Waals surface area contributed by atoms with E-state index >= 15 is 0 Å². The largest absolute Gasteiger partial charge is 0.341 e. The number of imidazole rings is 1. The summed E-state index contributed by atoms with van der Waals surface area (Å²) in [5.74, 6) is 0.718. The third-order valence-electron chi connectivity index (χ3n) is 4.52. The highest BCUT2D eigenvalue weighted by atomic mass is 19.1. The minimum Gasteiger partial charge on any atom is -0.341 e. The number of pyridine rings is 1. The molecule has 1 fully saturated rings. The van der Waals surface area contributed by atoms with Crippen LogP contribution in [0.3, 0.4) is 0 Å². The van der Waals surface area contributed by atoms with Gasteiger partial charge in [-0.2, -0.15) is 0 Å². The van der Waals surface area contributed by atoms with Crippen LogP contribution in [0.5, 0.6) is 0 Å². The predicted molar refractivity (Wildman–Crippen MR) is 87.5 cm³/mol. The third kappa shape index (κ3) is 2.97. The first-order valence-corrected chi connectivity index (χ1v) is 8.09. The highest BCUT2D eigenvalue weighted by Crippen LogP contribution is 2.31. The maximum Gasteiger partial charge on any atom is 0.125 e. The lowest BCUT2D eigenvalue weighted by Crippen LogP contribution is -2.26. The Balaban J connectivity index is 1.52. The molecular formula is C18H19FN4. The number of fused-ring (bicyclic) bond motifs is 1. The van der Waals surface area contributed by atoms with E-state index in [9.17, 15) is 4.39 Å². The number of aromatic amines is 1. The molecule has 3 aromatic rings. The number of H-pyrrole nitrogens is 1. The van der Waals surface area contributed by atoms with E-state index in [2.05, 4.69) is 25.9 Å². The predicted octanol–water partition coefficient (Wildman–Crippen LogP) is 3.48. The Kier molecular flexibility index (Phi) is 3.79. The highest BCUT2D eigenvalue weighted by Gasteiger charge is 2.28. The van der Waals surface area contributed by atoms with Gasteiger partial charge in [-0.3, -0.25) is 9.88 Å². The molecule has 1 aromatic carbocycles. The van der Waals surface area contributed by atoms with Crippen molar-refractivity contribution in [2.75, 3.05) is 13.1 Å². The first-order valence-electron chi connectivity index (χ1n) is 8.09. The Morgan fingerprint density at radius 2 is 2.22 bits per heavy atom. The molecule has 1 N–H and O–H groups in total. The third-order valence-corrected chi connectivity index (χ3v) is 4.52. The average molecular weight is 310 g/mol. The van der Waals surface area contributed by atoms with E-state index in [0.717, 1.165) is 54.9 Å². The fourth-order valence-electron chi connectivity index (χ4n) is 3.37. The fraction of sp³-hybridized carbons (Fsp3) is 0.333. The summed E-state index contributed by atoms with van der Waals surface area (Å²) >= 11 is 0. The monoisotopic (exact) mass is 310 g/mol. The summed E-state index contributed by atoms with van der Waals surface area (Å²) in [5.41, 5.74) is 2.72. The summed E-state index contributed by atoms with van der Waals surface area (Å²) in [4.78, 5) is 14.8. The Morgan fingerprint density at radius 3 is 3.09 bits per heavy atom. The summed E-state index contributed by atoms with van der Waals surface area (Å²) in [6, 6.07) is 11.0. The summed E-state index contributed by atoms with van der Waals surface area (Å²) < 4.78 is 13.3. The maximum atomic E-state index is 13.3. The average Bonchev–Trinajstić information content (AvgIpc) is 3.19. The number of nitrogens with one attached hydrogen (secondary N) is 1. The first-order chi connectivity index (χ1) is 11.3. The van der Waals surface area contributed by atoms with Crippen LogP contribution in [-0.2, 0) is 6.42 Å². The van der Waals surface area contributed by atoms with Gasteiger partial charge in [-0.25, -0.2) is 9.37 Å². The molecule has 0 bridgehead atoms. The van der Waals surface area contributed by atoms with Crippen molar-refractivity contribution in [2.45, 2.75) is 25.3 Å². The fourth-order valence-corrected chi connectivity index (χ4v) is 3.37. The number of likely N-dealkylation sites (tertiary alicyclic amines) is 1. The molecule has 1 saturated heterocycles. The van der Waals surface area contributed by atoms with Crippen LogP contribution in [0.25, 0.3) is 11.0 Å². The van der Waals surface area contributed by atoms with Gasteiger partial charge in [0.25, 0.3) is 0 Å². The number of halogens is 1. The molecular weight excluding hydrogens is 291 g/mol. The molecule has 5 heteroatoms. The number of hydrogen-bond donors (Lipinski definition) is 1. The van der Waals surface area contributed by atoms with Gasteiger partial charge in [-0.15, -0.1) is 0 Å². The lowest BCUT2D eigenvalue weighted by Gasteiger charge is -2.22. The van der Waals surface area contributed by atoms with Gasteiger partial charge in [0.05, 0.1) is 17.1 Å². The summed E-state index contributed by atoms with van der Waals surface area (Å²) in [5, 5.41) is 0. The molecule has 1 aliphatic heterocycles. The van der Waals surface area contributed by atoms with E-state index in [0.29, 0.717) is 0 Å². The van der Waals surface area contributed by atoms with Crippen molar-refractivity contribution >= 4 is 11.0 Å². The van der Waals surface area contributed by atoms with E-state index < -0.39 is 0 Å². The lowest BCUT2D eigenvalue weighted by atomic mass is 10.2. The zero-order valence-corrected chi connectivity index (χ0v) is 12.9.